The Labute approximate surface area is 173 Å². The molecule has 2 N–H and O–H groups in total. The molecule has 5 rings (SSSR count). The van der Waals surface area contributed by atoms with Gasteiger partial charge in [0.1, 0.15) is 17.8 Å². The van der Waals surface area contributed by atoms with Gasteiger partial charge in [-0.1, -0.05) is 30.3 Å². The van der Waals surface area contributed by atoms with Gasteiger partial charge in [-0.05, 0) is 18.4 Å². The second kappa shape index (κ2) is 7.48. The van der Waals surface area contributed by atoms with E-state index in [9.17, 15) is 5.26 Å². The van der Waals surface area contributed by atoms with Crippen LogP contribution in [0.3, 0.4) is 0 Å². The third kappa shape index (κ3) is 3.22. The molecule has 4 heterocycles. The number of benzene rings is 1. The number of hydrogen-bond acceptors (Lipinski definition) is 7. The molecule has 0 spiro atoms. The van der Waals surface area contributed by atoms with E-state index in [1.165, 1.54) is 11.9 Å². The van der Waals surface area contributed by atoms with Crippen molar-refractivity contribution in [3.8, 4) is 17.5 Å². The number of nitriles is 1. The average molecular weight is 399 g/mol. The van der Waals surface area contributed by atoms with Crippen LogP contribution in [0.15, 0.2) is 49.1 Å². The highest BCUT2D eigenvalue weighted by Gasteiger charge is 2.26. The first-order chi connectivity index (χ1) is 14.7. The van der Waals surface area contributed by atoms with Gasteiger partial charge in [0.25, 0.3) is 0 Å². The molecular formula is C21H21N9. The second-order valence-electron chi connectivity index (χ2n) is 7.50. The number of anilines is 1. The van der Waals surface area contributed by atoms with Crippen LogP contribution in [0.4, 0.5) is 5.82 Å². The number of hydrogen-bond donors (Lipinski definition) is 1. The molecule has 3 aromatic heterocycles. The Morgan fingerprint density at radius 1 is 1.20 bits per heavy atom. The zero-order valence-electron chi connectivity index (χ0n) is 16.4. The number of nitrogens with zero attached hydrogens (tertiary/aromatic N) is 8. The Morgan fingerprint density at radius 3 is 2.90 bits per heavy atom. The van der Waals surface area contributed by atoms with Gasteiger partial charge in [-0.2, -0.15) is 15.5 Å². The molecule has 0 bridgehead atoms. The van der Waals surface area contributed by atoms with Gasteiger partial charge in [0.15, 0.2) is 11.8 Å². The third-order valence-corrected chi connectivity index (χ3v) is 5.50. The molecule has 1 saturated heterocycles. The quantitative estimate of drug-likeness (QED) is 0.524. The van der Waals surface area contributed by atoms with Gasteiger partial charge in [0, 0.05) is 18.3 Å². The maximum atomic E-state index is 9.31. The van der Waals surface area contributed by atoms with Crippen molar-refractivity contribution in [1.29, 1.82) is 5.26 Å². The number of rotatable bonds is 4. The molecule has 0 aliphatic carbocycles. The highest BCUT2D eigenvalue weighted by Crippen LogP contribution is 2.33. The Morgan fingerprint density at radius 2 is 2.07 bits per heavy atom. The van der Waals surface area contributed by atoms with Crippen LogP contribution >= 0.6 is 0 Å². The van der Waals surface area contributed by atoms with Crippen LogP contribution in [-0.2, 0) is 6.54 Å². The molecule has 1 aliphatic heterocycles. The third-order valence-electron chi connectivity index (χ3n) is 5.50. The molecule has 0 radical (unpaired) electrons. The van der Waals surface area contributed by atoms with Crippen molar-refractivity contribution in [2.24, 2.45) is 0 Å². The van der Waals surface area contributed by atoms with Crippen molar-refractivity contribution in [3.05, 3.63) is 54.6 Å². The fourth-order valence-electron chi connectivity index (χ4n) is 4.04. The number of likely N-dealkylation sites (tertiary alicyclic amines) is 1. The number of fused-ring (bicyclic) bond motifs is 1. The molecule has 9 nitrogen and oxygen atoms in total. The minimum atomic E-state index is 0.0586. The largest absolute Gasteiger partial charge is 0.383 e. The molecule has 0 saturated carbocycles. The highest BCUT2D eigenvalue weighted by molar-refractivity contribution is 5.98. The van der Waals surface area contributed by atoms with Gasteiger partial charge >= 0.3 is 0 Å². The zero-order chi connectivity index (χ0) is 20.5. The van der Waals surface area contributed by atoms with Gasteiger partial charge in [0.2, 0.25) is 0 Å². The van der Waals surface area contributed by atoms with Gasteiger partial charge in [-0.15, -0.1) is 0 Å². The summed E-state index contributed by atoms with van der Waals surface area (Å²) in [5.74, 6) is 0.394. The monoisotopic (exact) mass is 399 g/mol. The summed E-state index contributed by atoms with van der Waals surface area (Å²) < 4.78 is 3.79. The number of nitrogen functional groups attached to an aromatic ring is 1. The van der Waals surface area contributed by atoms with Crippen molar-refractivity contribution in [2.45, 2.75) is 25.4 Å². The van der Waals surface area contributed by atoms with E-state index in [0.717, 1.165) is 36.0 Å². The van der Waals surface area contributed by atoms with Crippen molar-refractivity contribution in [1.82, 2.24) is 34.4 Å². The zero-order valence-corrected chi connectivity index (χ0v) is 16.4. The summed E-state index contributed by atoms with van der Waals surface area (Å²) in [5.41, 5.74) is 9.67. The molecule has 0 amide bonds. The maximum absolute atomic E-state index is 9.31. The van der Waals surface area contributed by atoms with E-state index >= 15 is 0 Å². The van der Waals surface area contributed by atoms with Crippen LogP contribution < -0.4 is 5.73 Å². The van der Waals surface area contributed by atoms with E-state index < -0.39 is 0 Å². The number of aromatic nitrogens is 6. The summed E-state index contributed by atoms with van der Waals surface area (Å²) in [5, 5.41) is 19.4. The van der Waals surface area contributed by atoms with E-state index in [1.807, 2.05) is 33.8 Å². The lowest BCUT2D eigenvalue weighted by Crippen LogP contribution is -2.33. The summed E-state index contributed by atoms with van der Waals surface area (Å²) in [7, 11) is 0. The maximum Gasteiger partial charge on any atom is 0.179 e. The lowest BCUT2D eigenvalue weighted by atomic mass is 10.1. The van der Waals surface area contributed by atoms with E-state index in [2.05, 4.69) is 33.4 Å². The number of piperidine rings is 1. The fourth-order valence-corrected chi connectivity index (χ4v) is 4.04. The van der Waals surface area contributed by atoms with Crippen molar-refractivity contribution >= 4 is 16.9 Å². The summed E-state index contributed by atoms with van der Waals surface area (Å²) in [6, 6.07) is 10.2. The predicted molar refractivity (Wildman–Crippen MR) is 112 cm³/mol. The molecule has 4 aromatic rings. The Hall–Kier alpha value is -3.93. The normalized spacial score (nSPS) is 16.6. The van der Waals surface area contributed by atoms with Gasteiger partial charge < -0.3 is 10.6 Å². The van der Waals surface area contributed by atoms with Crippen LogP contribution in [-0.4, -0.2) is 47.5 Å². The minimum absolute atomic E-state index is 0.0586. The first-order valence-electron chi connectivity index (χ1n) is 9.93. The highest BCUT2D eigenvalue weighted by atomic mass is 15.4. The van der Waals surface area contributed by atoms with Gasteiger partial charge in [0.05, 0.1) is 30.7 Å². The van der Waals surface area contributed by atoms with Gasteiger partial charge in [-0.25, -0.2) is 14.6 Å². The standard InChI is InChI=1S/C21H21N9/c22-13-28-8-4-7-17(12-28)30-21-18(20(23)24-14-25-21)19(27-30)16-9-26-29(11-16)10-15-5-2-1-3-6-15/h1-3,5-6,9,11,14,17H,4,7-8,10,12H2,(H2,23,24,25). The van der Waals surface area contributed by atoms with Gasteiger partial charge in [-0.3, -0.25) is 4.68 Å². The lowest BCUT2D eigenvalue weighted by Gasteiger charge is -2.28. The lowest BCUT2D eigenvalue weighted by molar-refractivity contribution is 0.236. The molecule has 1 unspecified atom stereocenters. The van der Waals surface area contributed by atoms with Crippen LogP contribution in [0.5, 0.6) is 0 Å². The smallest absolute Gasteiger partial charge is 0.179 e. The van der Waals surface area contributed by atoms with Crippen LogP contribution in [0.25, 0.3) is 22.3 Å². The Balaban J connectivity index is 1.54. The van der Waals surface area contributed by atoms with E-state index in [4.69, 9.17) is 10.8 Å². The summed E-state index contributed by atoms with van der Waals surface area (Å²) in [6.45, 7) is 2.07. The Kier molecular flexibility index (Phi) is 4.52. The summed E-state index contributed by atoms with van der Waals surface area (Å²) in [6.07, 6.45) is 9.34. The second-order valence-corrected chi connectivity index (χ2v) is 7.50. The van der Waals surface area contributed by atoms with Crippen molar-refractivity contribution in [2.75, 3.05) is 18.8 Å². The molecule has 30 heavy (non-hydrogen) atoms. The fraction of sp³-hybridized carbons (Fsp3) is 0.286. The first-order valence-corrected chi connectivity index (χ1v) is 9.93. The SMILES string of the molecule is N#CN1CCCC(n2nc(-c3cnn(Cc4ccccc4)c3)c3c(N)ncnc32)C1. The van der Waals surface area contributed by atoms with Crippen LogP contribution in [0.2, 0.25) is 0 Å². The summed E-state index contributed by atoms with van der Waals surface area (Å²) in [4.78, 5) is 10.4. The molecule has 150 valence electrons. The summed E-state index contributed by atoms with van der Waals surface area (Å²) >= 11 is 0. The van der Waals surface area contributed by atoms with Crippen molar-refractivity contribution in [3.63, 3.8) is 0 Å². The predicted octanol–water partition coefficient (Wildman–Crippen LogP) is 2.44. The van der Waals surface area contributed by atoms with E-state index in [-0.39, 0.29) is 6.04 Å². The molecular weight excluding hydrogens is 378 g/mol. The van der Waals surface area contributed by atoms with E-state index in [0.29, 0.717) is 24.6 Å². The van der Waals surface area contributed by atoms with Crippen LogP contribution in [0, 0.1) is 11.5 Å². The molecule has 1 aromatic carbocycles. The molecule has 1 aliphatic rings. The first kappa shape index (κ1) is 18.1. The van der Waals surface area contributed by atoms with E-state index in [1.54, 1.807) is 11.1 Å². The molecule has 1 fully saturated rings. The van der Waals surface area contributed by atoms with Crippen LogP contribution in [0.1, 0.15) is 24.4 Å². The molecule has 9 heteroatoms. The average Bonchev–Trinajstić information content (AvgIpc) is 3.40. The molecule has 1 atom stereocenters. The number of nitrogens with two attached hydrogens (primary N) is 1. The topological polar surface area (TPSA) is 114 Å². The van der Waals surface area contributed by atoms with Crippen molar-refractivity contribution < 1.29 is 0 Å². The minimum Gasteiger partial charge on any atom is -0.383 e. The Bertz CT molecular complexity index is 1220.